The summed E-state index contributed by atoms with van der Waals surface area (Å²) in [4.78, 5) is 8.90. The number of alkyl halides is 3. The Morgan fingerprint density at radius 2 is 1.80 bits per heavy atom. The fourth-order valence-corrected chi connectivity index (χ4v) is 1.65. The van der Waals surface area contributed by atoms with E-state index in [2.05, 4.69) is 13.0 Å². The van der Waals surface area contributed by atoms with Crippen LogP contribution < -0.4 is 0 Å². The molecule has 0 fully saturated rings. The van der Waals surface area contributed by atoms with E-state index in [1.807, 2.05) is 18.2 Å². The van der Waals surface area contributed by atoms with Gasteiger partial charge in [-0.15, -0.1) is 0 Å². The number of carbonyl (C=O) groups is 1. The Balaban J connectivity index is 0.000000246. The SMILES string of the molecule is CCc1cccc2cc(O)ccc12.O=C(O)C(F)(F)F. The molecule has 0 spiro atoms. The molecule has 0 aromatic heterocycles. The summed E-state index contributed by atoms with van der Waals surface area (Å²) in [5, 5.41) is 18.8. The van der Waals surface area contributed by atoms with E-state index in [9.17, 15) is 18.3 Å². The monoisotopic (exact) mass is 286 g/mol. The molecule has 108 valence electrons. The summed E-state index contributed by atoms with van der Waals surface area (Å²) in [7, 11) is 0. The van der Waals surface area contributed by atoms with Gasteiger partial charge in [0.25, 0.3) is 0 Å². The van der Waals surface area contributed by atoms with Crippen LogP contribution in [0.2, 0.25) is 0 Å². The molecule has 6 heteroatoms. The van der Waals surface area contributed by atoms with Crippen molar-refractivity contribution in [3.63, 3.8) is 0 Å². The summed E-state index contributed by atoms with van der Waals surface area (Å²) in [5.74, 6) is -2.42. The Morgan fingerprint density at radius 3 is 2.30 bits per heavy atom. The van der Waals surface area contributed by atoms with Gasteiger partial charge in [-0.05, 0) is 34.9 Å². The first kappa shape index (κ1) is 15.8. The number of aromatic hydroxyl groups is 1. The highest BCUT2D eigenvalue weighted by atomic mass is 19.4. The van der Waals surface area contributed by atoms with Gasteiger partial charge in [-0.2, -0.15) is 13.2 Å². The predicted octanol–water partition coefficient (Wildman–Crippen LogP) is 3.74. The van der Waals surface area contributed by atoms with E-state index >= 15 is 0 Å². The van der Waals surface area contributed by atoms with Gasteiger partial charge in [0, 0.05) is 0 Å². The molecule has 2 aromatic rings. The third-order valence-electron chi connectivity index (χ3n) is 2.58. The summed E-state index contributed by atoms with van der Waals surface area (Å²) < 4.78 is 31.7. The van der Waals surface area contributed by atoms with Crippen LogP contribution in [-0.2, 0) is 11.2 Å². The van der Waals surface area contributed by atoms with Crippen LogP contribution in [0.25, 0.3) is 10.8 Å². The third-order valence-corrected chi connectivity index (χ3v) is 2.58. The number of fused-ring (bicyclic) bond motifs is 1. The van der Waals surface area contributed by atoms with E-state index in [0.717, 1.165) is 11.8 Å². The largest absolute Gasteiger partial charge is 0.508 e. The van der Waals surface area contributed by atoms with Crippen molar-refractivity contribution in [1.82, 2.24) is 0 Å². The maximum atomic E-state index is 10.6. The normalized spacial score (nSPS) is 10.8. The molecule has 0 aliphatic carbocycles. The minimum atomic E-state index is -5.08. The minimum absolute atomic E-state index is 0.334. The van der Waals surface area contributed by atoms with Crippen LogP contribution >= 0.6 is 0 Å². The quantitative estimate of drug-likeness (QED) is 0.839. The fourth-order valence-electron chi connectivity index (χ4n) is 1.65. The number of aliphatic carboxylic acids is 1. The van der Waals surface area contributed by atoms with Crippen LogP contribution in [0.15, 0.2) is 36.4 Å². The van der Waals surface area contributed by atoms with Crippen molar-refractivity contribution in [3.8, 4) is 5.75 Å². The number of carboxylic acid groups (broad SMARTS) is 1. The van der Waals surface area contributed by atoms with E-state index in [1.165, 1.54) is 10.9 Å². The van der Waals surface area contributed by atoms with Gasteiger partial charge in [0.05, 0.1) is 0 Å². The second kappa shape index (κ2) is 6.27. The molecule has 0 heterocycles. The molecule has 0 bridgehead atoms. The number of benzene rings is 2. The van der Waals surface area contributed by atoms with Gasteiger partial charge in [0.2, 0.25) is 0 Å². The summed E-state index contributed by atoms with van der Waals surface area (Å²) in [6.45, 7) is 2.14. The third kappa shape index (κ3) is 4.15. The molecule has 0 amide bonds. The van der Waals surface area contributed by atoms with Crippen LogP contribution in [0.5, 0.6) is 5.75 Å². The first-order valence-corrected chi connectivity index (χ1v) is 5.76. The number of hydrogen-bond acceptors (Lipinski definition) is 2. The topological polar surface area (TPSA) is 57.5 Å². The molecule has 0 aliphatic heterocycles. The lowest BCUT2D eigenvalue weighted by atomic mass is 10.0. The van der Waals surface area contributed by atoms with Crippen molar-refractivity contribution in [3.05, 3.63) is 42.0 Å². The second-order valence-electron chi connectivity index (χ2n) is 3.98. The lowest BCUT2D eigenvalue weighted by Gasteiger charge is -2.03. The van der Waals surface area contributed by atoms with E-state index in [-0.39, 0.29) is 0 Å². The number of phenols is 1. The molecule has 20 heavy (non-hydrogen) atoms. The molecule has 0 saturated carbocycles. The average Bonchev–Trinajstić information content (AvgIpc) is 2.37. The Morgan fingerprint density at radius 1 is 1.20 bits per heavy atom. The number of halogens is 3. The lowest BCUT2D eigenvalue weighted by molar-refractivity contribution is -0.192. The Bertz CT molecular complexity index is 606. The standard InChI is InChI=1S/C12H12O.C2HF3O2/c1-2-9-4-3-5-10-8-11(13)6-7-12(9)10;3-2(4,5)1(6)7/h3-8,13H,2H2,1H3;(H,6,7). The zero-order valence-electron chi connectivity index (χ0n) is 10.6. The zero-order valence-corrected chi connectivity index (χ0v) is 10.6. The summed E-state index contributed by atoms with van der Waals surface area (Å²) in [5.41, 5.74) is 1.33. The predicted molar refractivity (Wildman–Crippen MR) is 68.7 cm³/mol. The van der Waals surface area contributed by atoms with Crippen LogP contribution in [0, 0.1) is 0 Å². The number of aryl methyl sites for hydroxylation is 1. The molecular weight excluding hydrogens is 273 g/mol. The molecule has 3 nitrogen and oxygen atoms in total. The van der Waals surface area contributed by atoms with Gasteiger partial charge < -0.3 is 10.2 Å². The van der Waals surface area contributed by atoms with E-state index in [1.54, 1.807) is 12.1 Å². The van der Waals surface area contributed by atoms with Gasteiger partial charge in [-0.3, -0.25) is 0 Å². The molecular formula is C14H13F3O3. The Kier molecular flexibility index (Phi) is 4.96. The van der Waals surface area contributed by atoms with Crippen LogP contribution in [0.3, 0.4) is 0 Å². The highest BCUT2D eigenvalue weighted by molar-refractivity contribution is 5.86. The van der Waals surface area contributed by atoms with Gasteiger partial charge in [-0.1, -0.05) is 31.2 Å². The van der Waals surface area contributed by atoms with Crippen molar-refractivity contribution in [2.24, 2.45) is 0 Å². The summed E-state index contributed by atoms with van der Waals surface area (Å²) in [6, 6.07) is 11.7. The first-order valence-electron chi connectivity index (χ1n) is 5.76. The average molecular weight is 286 g/mol. The smallest absolute Gasteiger partial charge is 0.490 e. The zero-order chi connectivity index (χ0) is 15.3. The molecule has 2 rings (SSSR count). The Hall–Kier alpha value is -2.24. The molecule has 0 aliphatic rings. The Labute approximate surface area is 113 Å². The maximum absolute atomic E-state index is 10.6. The van der Waals surface area contributed by atoms with Crippen molar-refractivity contribution in [2.75, 3.05) is 0 Å². The molecule has 2 aromatic carbocycles. The van der Waals surface area contributed by atoms with Gasteiger partial charge in [-0.25, -0.2) is 4.79 Å². The molecule has 0 unspecified atom stereocenters. The minimum Gasteiger partial charge on any atom is -0.508 e. The van der Waals surface area contributed by atoms with E-state index < -0.39 is 12.1 Å². The van der Waals surface area contributed by atoms with Crippen molar-refractivity contribution in [1.29, 1.82) is 0 Å². The van der Waals surface area contributed by atoms with E-state index in [0.29, 0.717) is 5.75 Å². The van der Waals surface area contributed by atoms with Crippen molar-refractivity contribution in [2.45, 2.75) is 19.5 Å². The molecule has 0 radical (unpaired) electrons. The lowest BCUT2D eigenvalue weighted by Crippen LogP contribution is -2.21. The fraction of sp³-hybridized carbons (Fsp3) is 0.214. The van der Waals surface area contributed by atoms with Gasteiger partial charge in [0.1, 0.15) is 5.75 Å². The van der Waals surface area contributed by atoms with E-state index in [4.69, 9.17) is 9.90 Å². The highest BCUT2D eigenvalue weighted by Crippen LogP contribution is 2.23. The molecule has 0 atom stereocenters. The van der Waals surface area contributed by atoms with Gasteiger partial charge in [0.15, 0.2) is 0 Å². The summed E-state index contributed by atoms with van der Waals surface area (Å²) >= 11 is 0. The molecule has 2 N–H and O–H groups in total. The first-order chi connectivity index (χ1) is 9.25. The van der Waals surface area contributed by atoms with Crippen molar-refractivity contribution < 1.29 is 28.2 Å². The van der Waals surface area contributed by atoms with Crippen LogP contribution in [-0.4, -0.2) is 22.4 Å². The second-order valence-corrected chi connectivity index (χ2v) is 3.98. The number of carboxylic acids is 1. The molecule has 0 saturated heterocycles. The highest BCUT2D eigenvalue weighted by Gasteiger charge is 2.38. The van der Waals surface area contributed by atoms with Gasteiger partial charge >= 0.3 is 12.1 Å². The summed E-state index contributed by atoms with van der Waals surface area (Å²) in [6.07, 6.45) is -4.05. The number of rotatable bonds is 1. The number of hydrogen-bond donors (Lipinski definition) is 2. The maximum Gasteiger partial charge on any atom is 0.490 e. The van der Waals surface area contributed by atoms with Crippen LogP contribution in [0.4, 0.5) is 13.2 Å². The number of phenolic OH excluding ortho intramolecular Hbond substituents is 1. The van der Waals surface area contributed by atoms with Crippen LogP contribution in [0.1, 0.15) is 12.5 Å². The van der Waals surface area contributed by atoms with Crippen molar-refractivity contribution >= 4 is 16.7 Å².